The molecule has 3 aromatic rings. The lowest BCUT2D eigenvalue weighted by atomic mass is 10.1. The van der Waals surface area contributed by atoms with Crippen LogP contribution in [0.25, 0.3) is 0 Å². The van der Waals surface area contributed by atoms with Gasteiger partial charge in [0.2, 0.25) is 0 Å². The summed E-state index contributed by atoms with van der Waals surface area (Å²) in [6, 6.07) is 13.6. The van der Waals surface area contributed by atoms with E-state index < -0.39 is 6.10 Å². The number of aromatic nitrogens is 2. The van der Waals surface area contributed by atoms with Gasteiger partial charge >= 0.3 is 0 Å². The fourth-order valence-electron chi connectivity index (χ4n) is 3.02. The summed E-state index contributed by atoms with van der Waals surface area (Å²) in [6.45, 7) is 1.25. The maximum absolute atomic E-state index is 12.4. The maximum Gasteiger partial charge on any atom is 0.261 e. The third-order valence-corrected chi connectivity index (χ3v) is 4.64. The van der Waals surface area contributed by atoms with Crippen LogP contribution in [0.3, 0.4) is 0 Å². The van der Waals surface area contributed by atoms with Crippen LogP contribution in [-0.4, -0.2) is 21.6 Å². The fraction of sp³-hybridized carbons (Fsp3) is 0.200. The molecular weight excluding hydrogens is 350 g/mol. The van der Waals surface area contributed by atoms with Crippen molar-refractivity contribution in [2.45, 2.75) is 25.6 Å². The van der Waals surface area contributed by atoms with Gasteiger partial charge in [0, 0.05) is 36.9 Å². The van der Waals surface area contributed by atoms with Crippen molar-refractivity contribution in [2.75, 3.05) is 0 Å². The van der Waals surface area contributed by atoms with Gasteiger partial charge in [0.05, 0.1) is 6.33 Å². The number of benzene rings is 2. The Kier molecular flexibility index (Phi) is 4.63. The number of imidazole rings is 1. The van der Waals surface area contributed by atoms with Gasteiger partial charge in [-0.15, -0.1) is 0 Å². The second-order valence-electron chi connectivity index (χ2n) is 6.33. The average Bonchev–Trinajstić information content (AvgIpc) is 3.30. The summed E-state index contributed by atoms with van der Waals surface area (Å²) in [5.41, 5.74) is 3.21. The smallest absolute Gasteiger partial charge is 0.261 e. The molecule has 0 spiro atoms. The Morgan fingerprint density at radius 3 is 2.81 bits per heavy atom. The molecule has 1 aliphatic heterocycles. The number of nitrogens with zero attached hydrogens (tertiary/aromatic N) is 2. The van der Waals surface area contributed by atoms with E-state index in [1.165, 1.54) is 5.56 Å². The summed E-state index contributed by atoms with van der Waals surface area (Å²) in [4.78, 5) is 16.4. The first kappa shape index (κ1) is 16.7. The lowest BCUT2D eigenvalue weighted by Gasteiger charge is -2.12. The van der Waals surface area contributed by atoms with Gasteiger partial charge in [0.1, 0.15) is 5.75 Å². The zero-order valence-electron chi connectivity index (χ0n) is 14.1. The predicted molar refractivity (Wildman–Crippen MR) is 99.2 cm³/mol. The summed E-state index contributed by atoms with van der Waals surface area (Å²) in [5.74, 6) is 0.623. The highest BCUT2D eigenvalue weighted by molar-refractivity contribution is 6.30. The van der Waals surface area contributed by atoms with E-state index in [4.69, 9.17) is 16.3 Å². The third-order valence-electron chi connectivity index (χ3n) is 4.40. The number of amides is 1. The Morgan fingerprint density at radius 2 is 2.04 bits per heavy atom. The molecule has 6 heteroatoms. The molecule has 0 aliphatic carbocycles. The molecule has 1 atom stereocenters. The topological polar surface area (TPSA) is 56.2 Å². The van der Waals surface area contributed by atoms with Crippen LogP contribution in [0.5, 0.6) is 5.75 Å². The van der Waals surface area contributed by atoms with E-state index in [2.05, 4.69) is 22.4 Å². The molecule has 4 rings (SSSR count). The molecule has 1 N–H and O–H groups in total. The van der Waals surface area contributed by atoms with Crippen molar-refractivity contribution in [3.05, 3.63) is 82.9 Å². The lowest BCUT2D eigenvalue weighted by molar-refractivity contribution is -0.127. The standard InChI is InChI=1S/C20H18ClN3O2/c21-17-5-6-18-16(9-17)10-19(26-18)20(25)23-11-14-1-3-15(4-2-14)12-24-8-7-22-13-24/h1-9,13,19H,10-12H2,(H,23,25)/t19-/m1/s1. The van der Waals surface area contributed by atoms with Crippen LogP contribution < -0.4 is 10.1 Å². The van der Waals surface area contributed by atoms with Gasteiger partial charge in [-0.1, -0.05) is 35.9 Å². The number of hydrogen-bond acceptors (Lipinski definition) is 3. The normalized spacial score (nSPS) is 15.3. The molecule has 1 aromatic heterocycles. The number of hydrogen-bond donors (Lipinski definition) is 1. The Labute approximate surface area is 156 Å². The van der Waals surface area contributed by atoms with Gasteiger partial charge < -0.3 is 14.6 Å². The average molecular weight is 368 g/mol. The number of fused-ring (bicyclic) bond motifs is 1. The van der Waals surface area contributed by atoms with Gasteiger partial charge in [-0.3, -0.25) is 4.79 Å². The second-order valence-corrected chi connectivity index (χ2v) is 6.77. The van der Waals surface area contributed by atoms with Crippen LogP contribution in [0.1, 0.15) is 16.7 Å². The first-order valence-corrected chi connectivity index (χ1v) is 8.81. The number of carbonyl (C=O) groups is 1. The zero-order valence-corrected chi connectivity index (χ0v) is 14.8. The fourth-order valence-corrected chi connectivity index (χ4v) is 3.21. The number of ether oxygens (including phenoxy) is 1. The highest BCUT2D eigenvalue weighted by Crippen LogP contribution is 2.31. The van der Waals surface area contributed by atoms with Gasteiger partial charge in [0.25, 0.3) is 5.91 Å². The number of carbonyl (C=O) groups excluding carboxylic acids is 1. The Hall–Kier alpha value is -2.79. The van der Waals surface area contributed by atoms with Crippen molar-refractivity contribution in [3.63, 3.8) is 0 Å². The minimum absolute atomic E-state index is 0.111. The molecule has 1 amide bonds. The summed E-state index contributed by atoms with van der Waals surface area (Å²) in [6.07, 6.45) is 5.54. The molecule has 0 fully saturated rings. The quantitative estimate of drug-likeness (QED) is 0.753. The molecule has 0 unspecified atom stereocenters. The van der Waals surface area contributed by atoms with Crippen LogP contribution in [-0.2, 0) is 24.3 Å². The Balaban J connectivity index is 1.31. The molecule has 0 radical (unpaired) electrons. The van der Waals surface area contributed by atoms with Crippen molar-refractivity contribution in [3.8, 4) is 5.75 Å². The summed E-state index contributed by atoms with van der Waals surface area (Å²) < 4.78 is 7.72. The predicted octanol–water partition coefficient (Wildman–Crippen LogP) is 3.20. The summed E-state index contributed by atoms with van der Waals surface area (Å²) in [5, 5.41) is 3.60. The number of nitrogens with one attached hydrogen (secondary N) is 1. The first-order valence-electron chi connectivity index (χ1n) is 8.44. The van der Waals surface area contributed by atoms with Crippen LogP contribution in [0.4, 0.5) is 0 Å². The van der Waals surface area contributed by atoms with Crippen molar-refractivity contribution in [1.29, 1.82) is 0 Å². The van der Waals surface area contributed by atoms with Crippen molar-refractivity contribution in [1.82, 2.24) is 14.9 Å². The van der Waals surface area contributed by atoms with Crippen molar-refractivity contribution < 1.29 is 9.53 Å². The van der Waals surface area contributed by atoms with Gasteiger partial charge in [-0.25, -0.2) is 4.98 Å². The molecule has 0 saturated carbocycles. The van der Waals surface area contributed by atoms with E-state index in [1.54, 1.807) is 18.6 Å². The van der Waals surface area contributed by atoms with Crippen LogP contribution in [0.2, 0.25) is 5.02 Å². The van der Waals surface area contributed by atoms with Crippen LogP contribution >= 0.6 is 11.6 Å². The minimum Gasteiger partial charge on any atom is -0.480 e. The van der Waals surface area contributed by atoms with Gasteiger partial charge in [0.15, 0.2) is 6.10 Å². The van der Waals surface area contributed by atoms with Crippen LogP contribution in [0.15, 0.2) is 61.2 Å². The number of halogens is 1. The molecular formula is C20H18ClN3O2. The van der Waals surface area contributed by atoms with Gasteiger partial charge in [-0.05, 0) is 34.9 Å². The summed E-state index contributed by atoms with van der Waals surface area (Å²) in [7, 11) is 0. The largest absolute Gasteiger partial charge is 0.480 e. The lowest BCUT2D eigenvalue weighted by Crippen LogP contribution is -2.37. The molecule has 2 heterocycles. The van der Waals surface area contributed by atoms with E-state index in [1.807, 2.05) is 35.0 Å². The third kappa shape index (κ3) is 3.73. The summed E-state index contributed by atoms with van der Waals surface area (Å²) >= 11 is 5.99. The molecule has 2 aromatic carbocycles. The molecule has 0 bridgehead atoms. The molecule has 0 saturated heterocycles. The SMILES string of the molecule is O=C(NCc1ccc(Cn2ccnc2)cc1)[C@H]1Cc2cc(Cl)ccc2O1. The van der Waals surface area contributed by atoms with Crippen LogP contribution in [0, 0.1) is 0 Å². The Morgan fingerprint density at radius 1 is 1.23 bits per heavy atom. The highest BCUT2D eigenvalue weighted by Gasteiger charge is 2.28. The minimum atomic E-state index is -0.496. The van der Waals surface area contributed by atoms with E-state index in [0.717, 1.165) is 23.4 Å². The van der Waals surface area contributed by atoms with E-state index in [9.17, 15) is 4.79 Å². The monoisotopic (exact) mass is 367 g/mol. The molecule has 132 valence electrons. The second kappa shape index (κ2) is 7.22. The molecule has 26 heavy (non-hydrogen) atoms. The maximum atomic E-state index is 12.4. The van der Waals surface area contributed by atoms with E-state index >= 15 is 0 Å². The van der Waals surface area contributed by atoms with Gasteiger partial charge in [-0.2, -0.15) is 0 Å². The molecule has 5 nitrogen and oxygen atoms in total. The van der Waals surface area contributed by atoms with E-state index in [0.29, 0.717) is 18.0 Å². The first-order chi connectivity index (χ1) is 12.7. The number of rotatable bonds is 5. The van der Waals surface area contributed by atoms with Crippen molar-refractivity contribution >= 4 is 17.5 Å². The zero-order chi connectivity index (χ0) is 17.9. The molecule has 1 aliphatic rings. The van der Waals surface area contributed by atoms with E-state index in [-0.39, 0.29) is 5.91 Å². The highest BCUT2D eigenvalue weighted by atomic mass is 35.5. The Bertz CT molecular complexity index is 907. The van der Waals surface area contributed by atoms with Crippen molar-refractivity contribution in [2.24, 2.45) is 0 Å².